The Bertz CT molecular complexity index is 602. The molecule has 2 rings (SSSR count). The van der Waals surface area contributed by atoms with Crippen LogP contribution in [0.4, 0.5) is 10.3 Å². The molecule has 0 saturated carbocycles. The molecular weight excluding hydrogens is 257 g/mol. The maximum absolute atomic E-state index is 13.8. The van der Waals surface area contributed by atoms with Crippen LogP contribution in [0.2, 0.25) is 0 Å². The summed E-state index contributed by atoms with van der Waals surface area (Å²) in [6.45, 7) is 4.77. The van der Waals surface area contributed by atoms with Gasteiger partial charge >= 0.3 is 0 Å². The van der Waals surface area contributed by atoms with Gasteiger partial charge in [0, 0.05) is 17.8 Å². The Morgan fingerprint density at radius 2 is 2.05 bits per heavy atom. The molecule has 1 aromatic carbocycles. The number of anilines is 1. The van der Waals surface area contributed by atoms with E-state index in [1.807, 2.05) is 13.0 Å². The molecule has 2 aromatic rings. The number of hydrogen-bond acceptors (Lipinski definition) is 4. The summed E-state index contributed by atoms with van der Waals surface area (Å²) in [6, 6.07) is 6.64. The molecule has 0 bridgehead atoms. The van der Waals surface area contributed by atoms with Crippen LogP contribution in [-0.4, -0.2) is 23.6 Å². The summed E-state index contributed by atoms with van der Waals surface area (Å²) < 4.78 is 18.7. The van der Waals surface area contributed by atoms with Crippen LogP contribution in [0, 0.1) is 12.7 Å². The van der Waals surface area contributed by atoms with Crippen molar-refractivity contribution < 1.29 is 9.13 Å². The Kier molecular flexibility index (Phi) is 4.50. The van der Waals surface area contributed by atoms with Gasteiger partial charge in [0.25, 0.3) is 0 Å². The average molecular weight is 275 g/mol. The first-order valence-electron chi connectivity index (χ1n) is 6.57. The van der Waals surface area contributed by atoms with Gasteiger partial charge in [0.2, 0.25) is 5.95 Å². The standard InChI is InChI=1S/C15H18FN3O/c1-4-7-17-15-18-10(2)8-13(19-15)11-5-6-14(20-3)12(16)9-11/h5-6,8-9H,4,7H2,1-3H3,(H,17,18,19). The molecule has 0 unspecified atom stereocenters. The van der Waals surface area contributed by atoms with Crippen LogP contribution < -0.4 is 10.1 Å². The molecule has 0 spiro atoms. The molecule has 0 aliphatic heterocycles. The first-order valence-corrected chi connectivity index (χ1v) is 6.57. The van der Waals surface area contributed by atoms with Gasteiger partial charge in [-0.1, -0.05) is 6.92 Å². The Labute approximate surface area is 118 Å². The summed E-state index contributed by atoms with van der Waals surface area (Å²) in [5.74, 6) is 0.395. The molecule has 20 heavy (non-hydrogen) atoms. The van der Waals surface area contributed by atoms with Gasteiger partial charge in [0.15, 0.2) is 11.6 Å². The lowest BCUT2D eigenvalue weighted by atomic mass is 10.1. The van der Waals surface area contributed by atoms with Crippen molar-refractivity contribution in [2.75, 3.05) is 19.0 Å². The monoisotopic (exact) mass is 275 g/mol. The molecule has 106 valence electrons. The topological polar surface area (TPSA) is 47.0 Å². The van der Waals surface area contributed by atoms with Crippen molar-refractivity contribution in [1.29, 1.82) is 0 Å². The Morgan fingerprint density at radius 3 is 2.70 bits per heavy atom. The van der Waals surface area contributed by atoms with Gasteiger partial charge in [-0.15, -0.1) is 0 Å². The van der Waals surface area contributed by atoms with Crippen molar-refractivity contribution >= 4 is 5.95 Å². The average Bonchev–Trinajstić information content (AvgIpc) is 2.44. The molecule has 1 heterocycles. The lowest BCUT2D eigenvalue weighted by Crippen LogP contribution is -2.05. The number of aryl methyl sites for hydroxylation is 1. The third-order valence-corrected chi connectivity index (χ3v) is 2.83. The second-order valence-corrected chi connectivity index (χ2v) is 4.49. The van der Waals surface area contributed by atoms with Gasteiger partial charge in [0.1, 0.15) is 0 Å². The first kappa shape index (κ1) is 14.2. The third kappa shape index (κ3) is 3.23. The largest absolute Gasteiger partial charge is 0.494 e. The number of nitrogens with zero attached hydrogens (tertiary/aromatic N) is 2. The number of methoxy groups -OCH3 is 1. The summed E-state index contributed by atoms with van der Waals surface area (Å²) in [5, 5.41) is 3.14. The number of aromatic nitrogens is 2. The van der Waals surface area contributed by atoms with E-state index in [0.29, 0.717) is 17.2 Å². The van der Waals surface area contributed by atoms with Crippen molar-refractivity contribution in [3.63, 3.8) is 0 Å². The summed E-state index contributed by atoms with van der Waals surface area (Å²) in [4.78, 5) is 8.72. The fraction of sp³-hybridized carbons (Fsp3) is 0.333. The van der Waals surface area contributed by atoms with Gasteiger partial charge in [-0.25, -0.2) is 14.4 Å². The predicted octanol–water partition coefficient (Wildman–Crippen LogP) is 3.42. The third-order valence-electron chi connectivity index (χ3n) is 2.83. The van der Waals surface area contributed by atoms with Crippen molar-refractivity contribution in [3.05, 3.63) is 35.8 Å². The quantitative estimate of drug-likeness (QED) is 0.908. The van der Waals surface area contributed by atoms with E-state index in [2.05, 4.69) is 22.2 Å². The molecular formula is C15H18FN3O. The number of hydrogen-bond donors (Lipinski definition) is 1. The molecule has 0 amide bonds. The van der Waals surface area contributed by atoms with Crippen molar-refractivity contribution in [1.82, 2.24) is 9.97 Å². The molecule has 1 N–H and O–H groups in total. The number of halogens is 1. The second kappa shape index (κ2) is 6.32. The van der Waals surface area contributed by atoms with E-state index in [4.69, 9.17) is 4.74 Å². The normalized spacial score (nSPS) is 10.4. The maximum atomic E-state index is 13.8. The number of rotatable bonds is 5. The zero-order chi connectivity index (χ0) is 14.5. The highest BCUT2D eigenvalue weighted by atomic mass is 19.1. The zero-order valence-electron chi connectivity index (χ0n) is 11.9. The summed E-state index contributed by atoms with van der Waals surface area (Å²) >= 11 is 0. The van der Waals surface area contributed by atoms with Crippen LogP contribution in [0.5, 0.6) is 5.75 Å². The highest BCUT2D eigenvalue weighted by Gasteiger charge is 2.08. The fourth-order valence-electron chi connectivity index (χ4n) is 1.86. The highest BCUT2D eigenvalue weighted by molar-refractivity contribution is 5.62. The van der Waals surface area contributed by atoms with E-state index in [-0.39, 0.29) is 5.75 Å². The van der Waals surface area contributed by atoms with Crippen LogP contribution >= 0.6 is 0 Å². The summed E-state index contributed by atoms with van der Waals surface area (Å²) in [6.07, 6.45) is 0.990. The minimum absolute atomic E-state index is 0.226. The molecule has 0 aliphatic carbocycles. The number of ether oxygens (including phenoxy) is 1. The van der Waals surface area contributed by atoms with Gasteiger partial charge in [-0.3, -0.25) is 0 Å². The highest BCUT2D eigenvalue weighted by Crippen LogP contribution is 2.25. The predicted molar refractivity (Wildman–Crippen MR) is 77.5 cm³/mol. The van der Waals surface area contributed by atoms with Crippen molar-refractivity contribution in [3.8, 4) is 17.0 Å². The SMILES string of the molecule is CCCNc1nc(C)cc(-c2ccc(OC)c(F)c2)n1. The van der Waals surface area contributed by atoms with E-state index in [1.54, 1.807) is 12.1 Å². The molecule has 0 atom stereocenters. The van der Waals surface area contributed by atoms with E-state index in [0.717, 1.165) is 18.7 Å². The van der Waals surface area contributed by atoms with Crippen LogP contribution in [0.15, 0.2) is 24.3 Å². The molecule has 5 heteroatoms. The molecule has 1 aromatic heterocycles. The molecule has 0 fully saturated rings. The van der Waals surface area contributed by atoms with Crippen LogP contribution in [0.3, 0.4) is 0 Å². The van der Waals surface area contributed by atoms with Gasteiger partial charge in [-0.05, 0) is 37.6 Å². The van der Waals surface area contributed by atoms with Gasteiger partial charge in [0.05, 0.1) is 12.8 Å². The lowest BCUT2D eigenvalue weighted by Gasteiger charge is -2.08. The lowest BCUT2D eigenvalue weighted by molar-refractivity contribution is 0.386. The van der Waals surface area contributed by atoms with Gasteiger partial charge in [-0.2, -0.15) is 0 Å². The summed E-state index contributed by atoms with van der Waals surface area (Å²) in [5.41, 5.74) is 2.23. The Balaban J connectivity index is 2.36. The van der Waals surface area contributed by atoms with Crippen LogP contribution in [-0.2, 0) is 0 Å². The fourth-order valence-corrected chi connectivity index (χ4v) is 1.86. The van der Waals surface area contributed by atoms with Crippen LogP contribution in [0.1, 0.15) is 19.0 Å². The molecule has 0 saturated heterocycles. The minimum Gasteiger partial charge on any atom is -0.494 e. The molecule has 4 nitrogen and oxygen atoms in total. The number of nitrogens with one attached hydrogen (secondary N) is 1. The Hall–Kier alpha value is -2.17. The van der Waals surface area contributed by atoms with Crippen LogP contribution in [0.25, 0.3) is 11.3 Å². The second-order valence-electron chi connectivity index (χ2n) is 4.49. The summed E-state index contributed by atoms with van der Waals surface area (Å²) in [7, 11) is 1.44. The maximum Gasteiger partial charge on any atom is 0.223 e. The van der Waals surface area contributed by atoms with Crippen molar-refractivity contribution in [2.24, 2.45) is 0 Å². The molecule has 0 radical (unpaired) electrons. The van der Waals surface area contributed by atoms with Crippen molar-refractivity contribution in [2.45, 2.75) is 20.3 Å². The van der Waals surface area contributed by atoms with E-state index in [9.17, 15) is 4.39 Å². The smallest absolute Gasteiger partial charge is 0.223 e. The van der Waals surface area contributed by atoms with E-state index < -0.39 is 5.82 Å². The first-order chi connectivity index (χ1) is 9.63. The minimum atomic E-state index is -0.399. The van der Waals surface area contributed by atoms with E-state index in [1.165, 1.54) is 13.2 Å². The van der Waals surface area contributed by atoms with E-state index >= 15 is 0 Å². The zero-order valence-corrected chi connectivity index (χ0v) is 11.9. The molecule has 0 aliphatic rings. The Morgan fingerprint density at radius 1 is 1.25 bits per heavy atom. The van der Waals surface area contributed by atoms with Gasteiger partial charge < -0.3 is 10.1 Å². The number of benzene rings is 1.